The van der Waals surface area contributed by atoms with Crippen LogP contribution in [0.15, 0.2) is 6.07 Å². The minimum Gasteiger partial charge on any atom is -0.296 e. The molecule has 0 aromatic carbocycles. The second-order valence-electron chi connectivity index (χ2n) is 7.35. The summed E-state index contributed by atoms with van der Waals surface area (Å²) in [4.78, 5) is 20.8. The minimum atomic E-state index is -1.35. The lowest BCUT2D eigenvalue weighted by Gasteiger charge is -2.25. The first-order valence-corrected chi connectivity index (χ1v) is 8.43. The monoisotopic (exact) mass is 392 g/mol. The van der Waals surface area contributed by atoms with Crippen LogP contribution in [0.5, 0.6) is 0 Å². The van der Waals surface area contributed by atoms with Gasteiger partial charge < -0.3 is 0 Å². The van der Waals surface area contributed by atoms with Gasteiger partial charge in [-0.05, 0) is 26.8 Å². The fraction of sp³-hybridized carbons (Fsp3) is 0.562. The molecule has 2 aromatic rings. The summed E-state index contributed by atoms with van der Waals surface area (Å²) >= 11 is 12.0. The summed E-state index contributed by atoms with van der Waals surface area (Å²) in [7, 11) is 0. The van der Waals surface area contributed by atoms with Gasteiger partial charge in [-0.2, -0.15) is 0 Å². The molecule has 1 amide bonds. The quantitative estimate of drug-likeness (QED) is 0.745. The van der Waals surface area contributed by atoms with Crippen molar-refractivity contribution in [2.24, 2.45) is 5.41 Å². The lowest BCUT2D eigenvalue weighted by Crippen LogP contribution is -2.31. The third-order valence-electron chi connectivity index (χ3n) is 3.70. The molecule has 2 heterocycles. The molecule has 0 radical (unpaired) electrons. The number of nitrogens with zero attached hydrogens (tertiary/aromatic N) is 3. The van der Waals surface area contributed by atoms with Gasteiger partial charge in [-0.25, -0.2) is 9.97 Å². The van der Waals surface area contributed by atoms with Crippen LogP contribution in [0.3, 0.4) is 0 Å². The van der Waals surface area contributed by atoms with Crippen LogP contribution < -0.4 is 5.32 Å². The lowest BCUT2D eigenvalue weighted by molar-refractivity contribution is -0.118. The molecule has 138 valence electrons. The van der Waals surface area contributed by atoms with Crippen LogP contribution in [0, 0.1) is 5.41 Å². The largest absolute Gasteiger partial charge is 0.296 e. The second-order valence-corrected chi connectivity index (χ2v) is 8.11. The summed E-state index contributed by atoms with van der Waals surface area (Å²) in [6, 6.07) is 1.55. The van der Waals surface area contributed by atoms with Crippen LogP contribution in [0.2, 0.25) is 10.2 Å². The molecule has 2 rings (SSSR count). The number of imidazole rings is 1. The van der Waals surface area contributed by atoms with E-state index in [2.05, 4.69) is 15.3 Å². The number of halogens is 4. The number of fused-ring (bicyclic) bond motifs is 1. The number of carbonyl (C=O) groups excluding carboxylic acids is 1. The van der Waals surface area contributed by atoms with Gasteiger partial charge in [-0.15, -0.1) is 0 Å². The summed E-state index contributed by atoms with van der Waals surface area (Å²) in [6.07, 6.45) is -0.303. The van der Waals surface area contributed by atoms with E-state index in [1.807, 2.05) is 20.8 Å². The average Bonchev–Trinajstić information content (AvgIpc) is 2.84. The van der Waals surface area contributed by atoms with E-state index >= 15 is 0 Å². The van der Waals surface area contributed by atoms with Gasteiger partial charge in [0.15, 0.2) is 5.65 Å². The van der Waals surface area contributed by atoms with E-state index in [0.29, 0.717) is 11.2 Å². The third kappa shape index (κ3) is 4.20. The summed E-state index contributed by atoms with van der Waals surface area (Å²) < 4.78 is 27.7. The highest BCUT2D eigenvalue weighted by Crippen LogP contribution is 2.31. The molecule has 0 bridgehead atoms. The first-order valence-electron chi connectivity index (χ1n) is 7.67. The highest BCUT2D eigenvalue weighted by Gasteiger charge is 2.30. The van der Waals surface area contributed by atoms with Crippen molar-refractivity contribution in [2.75, 3.05) is 18.7 Å². The zero-order valence-electron chi connectivity index (χ0n) is 14.5. The van der Waals surface area contributed by atoms with Crippen LogP contribution in [0.25, 0.3) is 11.2 Å². The van der Waals surface area contributed by atoms with Crippen LogP contribution in [-0.2, 0) is 10.3 Å². The van der Waals surface area contributed by atoms with Crippen LogP contribution >= 0.6 is 23.2 Å². The molecule has 0 fully saturated rings. The van der Waals surface area contributed by atoms with E-state index in [0.717, 1.165) is 0 Å². The predicted octanol–water partition coefficient (Wildman–Crippen LogP) is 4.77. The number of anilines is 1. The number of nitrogens with one attached hydrogen (secondary N) is 1. The highest BCUT2D eigenvalue weighted by molar-refractivity contribution is 6.41. The Labute approximate surface area is 154 Å². The molecule has 1 N–H and O–H groups in total. The van der Waals surface area contributed by atoms with Gasteiger partial charge in [0, 0.05) is 17.4 Å². The number of hydrogen-bond donors (Lipinski definition) is 1. The van der Waals surface area contributed by atoms with Gasteiger partial charge in [0.1, 0.15) is 10.7 Å². The summed E-state index contributed by atoms with van der Waals surface area (Å²) in [5.41, 5.74) is -0.923. The zero-order chi connectivity index (χ0) is 19.0. The Kier molecular flexibility index (Phi) is 5.59. The van der Waals surface area contributed by atoms with E-state index in [1.165, 1.54) is 6.92 Å². The van der Waals surface area contributed by atoms with Gasteiger partial charge in [0.25, 0.3) is 0 Å². The molecule has 0 aliphatic rings. The Bertz CT molecular complexity index is 798. The number of rotatable bonds is 5. The normalized spacial score (nSPS) is 12.6. The van der Waals surface area contributed by atoms with Gasteiger partial charge in [0.2, 0.25) is 11.9 Å². The highest BCUT2D eigenvalue weighted by atomic mass is 35.5. The summed E-state index contributed by atoms with van der Waals surface area (Å²) in [6.45, 7) is 5.23. The van der Waals surface area contributed by atoms with E-state index in [-0.39, 0.29) is 22.5 Å². The molecule has 9 heteroatoms. The Morgan fingerprint density at radius 3 is 2.32 bits per heavy atom. The van der Waals surface area contributed by atoms with Crippen molar-refractivity contribution in [1.29, 1.82) is 0 Å². The Hall–Kier alpha value is -1.47. The zero-order valence-corrected chi connectivity index (χ0v) is 16.0. The maximum atomic E-state index is 13.0. The van der Waals surface area contributed by atoms with Gasteiger partial charge in [-0.1, -0.05) is 30.1 Å². The number of alkyl halides is 2. The van der Waals surface area contributed by atoms with Crippen molar-refractivity contribution >= 4 is 46.2 Å². The first kappa shape index (κ1) is 19.8. The van der Waals surface area contributed by atoms with Crippen LogP contribution in [-0.4, -0.2) is 33.8 Å². The van der Waals surface area contributed by atoms with Crippen molar-refractivity contribution in [3.8, 4) is 0 Å². The van der Waals surface area contributed by atoms with Gasteiger partial charge in [0.05, 0.1) is 18.4 Å². The standard InChI is InChI=1S/C16H20Cl2F2N4O/c1-15(2,3)24-13-10(5-9(17)12(18)23-13)21-14(24)22-11(25)6-16(4,7-19)8-20/h5H,6-8H2,1-4H3,(H,21,22,25). The molecule has 0 saturated carbocycles. The van der Waals surface area contributed by atoms with Crippen molar-refractivity contribution in [2.45, 2.75) is 39.7 Å². The number of pyridine rings is 1. The maximum absolute atomic E-state index is 13.0. The Morgan fingerprint density at radius 2 is 1.80 bits per heavy atom. The third-order valence-corrected chi connectivity index (χ3v) is 4.37. The topological polar surface area (TPSA) is 59.8 Å². The fourth-order valence-corrected chi connectivity index (χ4v) is 2.65. The van der Waals surface area contributed by atoms with Gasteiger partial charge in [-0.3, -0.25) is 23.5 Å². The minimum absolute atomic E-state index is 0.125. The van der Waals surface area contributed by atoms with Crippen molar-refractivity contribution in [1.82, 2.24) is 14.5 Å². The molecule has 0 spiro atoms. The van der Waals surface area contributed by atoms with Gasteiger partial charge >= 0.3 is 0 Å². The van der Waals surface area contributed by atoms with E-state index in [1.54, 1.807) is 10.6 Å². The van der Waals surface area contributed by atoms with E-state index in [9.17, 15) is 13.6 Å². The molecule has 0 unspecified atom stereocenters. The number of aromatic nitrogens is 3. The second kappa shape index (κ2) is 7.03. The number of carbonyl (C=O) groups is 1. The van der Waals surface area contributed by atoms with Crippen molar-refractivity contribution in [3.05, 3.63) is 16.2 Å². The Balaban J connectivity index is 2.45. The maximum Gasteiger partial charge on any atom is 0.227 e. The Morgan fingerprint density at radius 1 is 1.20 bits per heavy atom. The molecule has 5 nitrogen and oxygen atoms in total. The number of amides is 1. The summed E-state index contributed by atoms with van der Waals surface area (Å²) in [5.74, 6) is -0.311. The van der Waals surface area contributed by atoms with Crippen molar-refractivity contribution < 1.29 is 13.6 Å². The number of hydrogen-bond acceptors (Lipinski definition) is 3. The van der Waals surface area contributed by atoms with E-state index < -0.39 is 30.2 Å². The molecule has 0 atom stereocenters. The molecule has 0 aliphatic heterocycles. The van der Waals surface area contributed by atoms with Crippen LogP contribution in [0.1, 0.15) is 34.1 Å². The molecule has 0 saturated heterocycles. The van der Waals surface area contributed by atoms with E-state index in [4.69, 9.17) is 23.2 Å². The van der Waals surface area contributed by atoms with Crippen molar-refractivity contribution in [3.63, 3.8) is 0 Å². The predicted molar refractivity (Wildman–Crippen MR) is 95.8 cm³/mol. The average molecular weight is 393 g/mol. The molecule has 25 heavy (non-hydrogen) atoms. The fourth-order valence-electron chi connectivity index (χ4n) is 2.37. The molecule has 0 aliphatic carbocycles. The SMILES string of the molecule is CC(CF)(CF)CC(=O)Nc1nc2cc(Cl)c(Cl)nc2n1C(C)(C)C. The smallest absolute Gasteiger partial charge is 0.227 e. The first-order chi connectivity index (χ1) is 11.5. The molecular formula is C16H20Cl2F2N4O. The molecular weight excluding hydrogens is 373 g/mol. The summed E-state index contributed by atoms with van der Waals surface area (Å²) in [5, 5.41) is 2.99. The lowest BCUT2D eigenvalue weighted by atomic mass is 9.90. The molecule has 2 aromatic heterocycles. The van der Waals surface area contributed by atoms with Crippen LogP contribution in [0.4, 0.5) is 14.7 Å².